The van der Waals surface area contributed by atoms with Crippen molar-refractivity contribution in [3.8, 4) is 0 Å². The second kappa shape index (κ2) is 4.97. The maximum absolute atomic E-state index is 4.83. The number of rotatable bonds is 2. The lowest BCUT2D eigenvalue weighted by molar-refractivity contribution is 0.348. The number of halogens is 1. The SMILES string of the molecule is CCN1CCC(c2nc(Br)c3n2CCC(C)C3)C1. The molecule has 0 aliphatic carbocycles. The first-order valence-corrected chi connectivity index (χ1v) is 7.95. The van der Waals surface area contributed by atoms with E-state index in [-0.39, 0.29) is 0 Å². The zero-order valence-electron chi connectivity index (χ0n) is 11.3. The molecule has 0 radical (unpaired) electrons. The molecular weight excluding hydrogens is 290 g/mol. The van der Waals surface area contributed by atoms with E-state index >= 15 is 0 Å². The summed E-state index contributed by atoms with van der Waals surface area (Å²) in [5.41, 5.74) is 1.43. The number of likely N-dealkylation sites (N-methyl/N-ethyl adjacent to an activating group) is 1. The van der Waals surface area contributed by atoms with E-state index in [4.69, 9.17) is 4.98 Å². The van der Waals surface area contributed by atoms with Crippen molar-refractivity contribution < 1.29 is 0 Å². The second-order valence-corrected chi connectivity index (χ2v) is 6.59. The molecule has 1 aromatic heterocycles. The van der Waals surface area contributed by atoms with Crippen LogP contribution in [0.1, 0.15) is 44.1 Å². The molecule has 0 spiro atoms. The van der Waals surface area contributed by atoms with Crippen LogP contribution in [0.4, 0.5) is 0 Å². The zero-order valence-corrected chi connectivity index (χ0v) is 12.9. The summed E-state index contributed by atoms with van der Waals surface area (Å²) in [7, 11) is 0. The molecule has 2 atom stereocenters. The quantitative estimate of drug-likeness (QED) is 0.837. The predicted octanol–water partition coefficient (Wildman–Crippen LogP) is 3.04. The average Bonchev–Trinajstić information content (AvgIpc) is 2.95. The van der Waals surface area contributed by atoms with Crippen molar-refractivity contribution in [2.24, 2.45) is 5.92 Å². The lowest BCUT2D eigenvalue weighted by Gasteiger charge is -2.23. The van der Waals surface area contributed by atoms with Crippen molar-refractivity contribution in [1.29, 1.82) is 0 Å². The first kappa shape index (κ1) is 12.7. The Balaban J connectivity index is 1.87. The molecule has 3 heterocycles. The maximum Gasteiger partial charge on any atom is 0.127 e. The van der Waals surface area contributed by atoms with E-state index in [9.17, 15) is 0 Å². The molecular formula is C14H22BrN3. The van der Waals surface area contributed by atoms with Gasteiger partial charge < -0.3 is 9.47 Å². The summed E-state index contributed by atoms with van der Waals surface area (Å²) in [5.74, 6) is 2.78. The van der Waals surface area contributed by atoms with Gasteiger partial charge in [-0.15, -0.1) is 0 Å². The van der Waals surface area contributed by atoms with Gasteiger partial charge >= 0.3 is 0 Å². The highest BCUT2D eigenvalue weighted by molar-refractivity contribution is 9.10. The van der Waals surface area contributed by atoms with Crippen LogP contribution >= 0.6 is 15.9 Å². The number of likely N-dealkylation sites (tertiary alicyclic amines) is 1. The number of hydrogen-bond acceptors (Lipinski definition) is 2. The van der Waals surface area contributed by atoms with Crippen LogP contribution < -0.4 is 0 Å². The summed E-state index contributed by atoms with van der Waals surface area (Å²) in [6.45, 7) is 9.35. The van der Waals surface area contributed by atoms with Gasteiger partial charge in [-0.2, -0.15) is 0 Å². The van der Waals surface area contributed by atoms with Crippen molar-refractivity contribution in [1.82, 2.24) is 14.5 Å². The molecule has 2 aliphatic heterocycles. The molecule has 0 amide bonds. The lowest BCUT2D eigenvalue weighted by Crippen LogP contribution is -2.22. The van der Waals surface area contributed by atoms with Crippen LogP contribution in [0.5, 0.6) is 0 Å². The second-order valence-electron chi connectivity index (χ2n) is 5.84. The van der Waals surface area contributed by atoms with E-state index in [0.29, 0.717) is 5.92 Å². The third-order valence-corrected chi connectivity index (χ3v) is 5.16. The van der Waals surface area contributed by atoms with Crippen molar-refractivity contribution in [3.63, 3.8) is 0 Å². The Hall–Kier alpha value is -0.350. The molecule has 1 saturated heterocycles. The lowest BCUT2D eigenvalue weighted by atomic mass is 9.98. The van der Waals surface area contributed by atoms with Crippen LogP contribution in [0.3, 0.4) is 0 Å². The highest BCUT2D eigenvalue weighted by Crippen LogP contribution is 2.33. The summed E-state index contributed by atoms with van der Waals surface area (Å²) < 4.78 is 3.59. The molecule has 3 nitrogen and oxygen atoms in total. The van der Waals surface area contributed by atoms with Crippen molar-refractivity contribution in [3.05, 3.63) is 16.1 Å². The molecule has 4 heteroatoms. The standard InChI is InChI=1S/C14H22BrN3/c1-3-17-6-5-11(9-17)14-16-13(15)12-8-10(2)4-7-18(12)14/h10-11H,3-9H2,1-2H3. The van der Waals surface area contributed by atoms with Crippen molar-refractivity contribution >= 4 is 15.9 Å². The van der Waals surface area contributed by atoms with E-state index < -0.39 is 0 Å². The van der Waals surface area contributed by atoms with Gasteiger partial charge in [0.25, 0.3) is 0 Å². The number of imidazole rings is 1. The minimum Gasteiger partial charge on any atom is -0.331 e. The molecule has 100 valence electrons. The zero-order chi connectivity index (χ0) is 12.7. The van der Waals surface area contributed by atoms with Gasteiger partial charge in [0.05, 0.1) is 5.69 Å². The largest absolute Gasteiger partial charge is 0.331 e. The minimum absolute atomic E-state index is 0.642. The monoisotopic (exact) mass is 311 g/mol. The van der Waals surface area contributed by atoms with Crippen LogP contribution in [0.15, 0.2) is 4.60 Å². The third-order valence-electron chi connectivity index (χ3n) is 4.53. The summed E-state index contributed by atoms with van der Waals surface area (Å²) >= 11 is 3.66. The summed E-state index contributed by atoms with van der Waals surface area (Å²) in [6.07, 6.45) is 3.75. The fourth-order valence-electron chi connectivity index (χ4n) is 3.34. The van der Waals surface area contributed by atoms with Gasteiger partial charge in [0.1, 0.15) is 10.4 Å². The van der Waals surface area contributed by atoms with E-state index in [1.807, 2.05) is 0 Å². The maximum atomic E-state index is 4.83. The number of aromatic nitrogens is 2. The van der Waals surface area contributed by atoms with Crippen LogP contribution in [-0.2, 0) is 13.0 Å². The van der Waals surface area contributed by atoms with Gasteiger partial charge in [-0.1, -0.05) is 13.8 Å². The molecule has 0 bridgehead atoms. The molecule has 2 aliphatic rings. The van der Waals surface area contributed by atoms with Crippen molar-refractivity contribution in [2.75, 3.05) is 19.6 Å². The molecule has 0 saturated carbocycles. The molecule has 3 rings (SSSR count). The van der Waals surface area contributed by atoms with E-state index in [2.05, 4.69) is 39.2 Å². The summed E-state index contributed by atoms with van der Waals surface area (Å²) in [5, 5.41) is 0. The van der Waals surface area contributed by atoms with E-state index in [1.165, 1.54) is 50.4 Å². The van der Waals surface area contributed by atoms with Crippen LogP contribution in [-0.4, -0.2) is 34.1 Å². The third kappa shape index (κ3) is 2.14. The Labute approximate surface area is 118 Å². The Kier molecular flexibility index (Phi) is 3.50. The first-order valence-electron chi connectivity index (χ1n) is 7.16. The Morgan fingerprint density at radius 2 is 2.17 bits per heavy atom. The van der Waals surface area contributed by atoms with Crippen molar-refractivity contribution in [2.45, 2.75) is 45.6 Å². The van der Waals surface area contributed by atoms with E-state index in [1.54, 1.807) is 0 Å². The molecule has 1 aromatic rings. The van der Waals surface area contributed by atoms with Gasteiger partial charge in [0, 0.05) is 19.0 Å². The summed E-state index contributed by atoms with van der Waals surface area (Å²) in [6, 6.07) is 0. The Morgan fingerprint density at radius 3 is 2.89 bits per heavy atom. The molecule has 0 N–H and O–H groups in total. The fraction of sp³-hybridized carbons (Fsp3) is 0.786. The van der Waals surface area contributed by atoms with Crippen LogP contribution in [0, 0.1) is 5.92 Å². The minimum atomic E-state index is 0.642. The van der Waals surface area contributed by atoms with Gasteiger partial charge in [0.2, 0.25) is 0 Å². The predicted molar refractivity (Wildman–Crippen MR) is 76.9 cm³/mol. The van der Waals surface area contributed by atoms with Gasteiger partial charge in [-0.05, 0) is 54.2 Å². The number of nitrogens with zero attached hydrogens (tertiary/aromatic N) is 3. The first-order chi connectivity index (χ1) is 8.69. The van der Waals surface area contributed by atoms with Crippen LogP contribution in [0.25, 0.3) is 0 Å². The van der Waals surface area contributed by atoms with E-state index in [0.717, 1.165) is 17.1 Å². The van der Waals surface area contributed by atoms with Crippen LogP contribution in [0.2, 0.25) is 0 Å². The van der Waals surface area contributed by atoms with Gasteiger partial charge in [-0.3, -0.25) is 0 Å². The number of fused-ring (bicyclic) bond motifs is 1. The van der Waals surface area contributed by atoms with Gasteiger partial charge in [-0.25, -0.2) is 4.98 Å². The van der Waals surface area contributed by atoms with Gasteiger partial charge in [0.15, 0.2) is 0 Å². The Morgan fingerprint density at radius 1 is 1.33 bits per heavy atom. The highest BCUT2D eigenvalue weighted by Gasteiger charge is 2.30. The summed E-state index contributed by atoms with van der Waals surface area (Å²) in [4.78, 5) is 7.36. The molecule has 0 aromatic carbocycles. The highest BCUT2D eigenvalue weighted by atomic mass is 79.9. The molecule has 2 unspecified atom stereocenters. The molecule has 18 heavy (non-hydrogen) atoms. The number of hydrogen-bond donors (Lipinski definition) is 0. The topological polar surface area (TPSA) is 21.1 Å². The molecule has 1 fully saturated rings. The fourth-order valence-corrected chi connectivity index (χ4v) is 3.90. The average molecular weight is 312 g/mol. The normalized spacial score (nSPS) is 28.6. The smallest absolute Gasteiger partial charge is 0.127 e. The Bertz CT molecular complexity index is 440.